The number of nitrogens with zero attached hydrogens (tertiary/aromatic N) is 1. The number of methoxy groups -OCH3 is 2. The van der Waals surface area contributed by atoms with E-state index >= 15 is 0 Å². The molecule has 0 aromatic heterocycles. The van der Waals surface area contributed by atoms with Gasteiger partial charge in [0.05, 0.1) is 42.6 Å². The highest BCUT2D eigenvalue weighted by molar-refractivity contribution is 6.31. The minimum atomic E-state index is -2.13. The number of fused-ring (bicyclic) bond motifs is 6. The summed E-state index contributed by atoms with van der Waals surface area (Å²) in [7, 11) is 2.92. The molecule has 7 rings (SSSR count). The highest BCUT2D eigenvalue weighted by Crippen LogP contribution is 2.53. The van der Waals surface area contributed by atoms with Crippen molar-refractivity contribution in [2.45, 2.75) is 94.8 Å². The molecule has 8 atom stereocenters. The van der Waals surface area contributed by atoms with Gasteiger partial charge in [0.25, 0.3) is 5.91 Å². The van der Waals surface area contributed by atoms with Crippen LogP contribution in [0.5, 0.6) is 17.2 Å². The zero-order valence-electron chi connectivity index (χ0n) is 29.3. The second kappa shape index (κ2) is 13.7. The van der Waals surface area contributed by atoms with Crippen molar-refractivity contribution >= 4 is 17.5 Å². The number of carbonyl (C=O) groups excluding carboxylic acids is 3. The Balaban J connectivity index is 1.27. The number of nitrogens with one attached hydrogen (secondary N) is 2. The summed E-state index contributed by atoms with van der Waals surface area (Å²) in [5.41, 5.74) is -3.08. The van der Waals surface area contributed by atoms with Gasteiger partial charge in [0.15, 0.2) is 24.6 Å². The van der Waals surface area contributed by atoms with Crippen molar-refractivity contribution in [3.8, 4) is 17.2 Å². The Morgan fingerprint density at radius 2 is 1.84 bits per heavy atom. The summed E-state index contributed by atoms with van der Waals surface area (Å²) < 4.78 is 35.8. The molecule has 15 nitrogen and oxygen atoms in total. The summed E-state index contributed by atoms with van der Waals surface area (Å²) in [5, 5.41) is 41.7. The van der Waals surface area contributed by atoms with Crippen LogP contribution in [0.15, 0.2) is 18.2 Å². The number of hydrogen-bond donors (Lipinski definition) is 5. The first-order valence-electron chi connectivity index (χ1n) is 17.4. The van der Waals surface area contributed by atoms with Gasteiger partial charge in [-0.05, 0) is 13.0 Å². The summed E-state index contributed by atoms with van der Waals surface area (Å²) in [6, 6.07) is 4.53. The van der Waals surface area contributed by atoms with Crippen LogP contribution in [0, 0.1) is 0 Å². The largest absolute Gasteiger partial charge is 0.507 e. The molecule has 0 radical (unpaired) electrons. The highest BCUT2D eigenvalue weighted by Gasteiger charge is 2.55. The highest BCUT2D eigenvalue weighted by atomic mass is 16.7. The molecule has 0 bridgehead atoms. The first-order chi connectivity index (χ1) is 24.4. The van der Waals surface area contributed by atoms with Gasteiger partial charge in [0, 0.05) is 74.8 Å². The average molecular weight is 712 g/mol. The van der Waals surface area contributed by atoms with Crippen LogP contribution in [0.2, 0.25) is 0 Å². The van der Waals surface area contributed by atoms with E-state index in [1.165, 1.54) is 19.2 Å². The topological polar surface area (TPSA) is 195 Å². The third kappa shape index (κ3) is 5.99. The second-order valence-corrected chi connectivity index (χ2v) is 14.1. The fourth-order valence-electron chi connectivity index (χ4n) is 8.20. The lowest BCUT2D eigenvalue weighted by atomic mass is 9.72. The van der Waals surface area contributed by atoms with Crippen LogP contribution in [0.25, 0.3) is 0 Å². The lowest BCUT2D eigenvalue weighted by Gasteiger charge is -2.43. The average Bonchev–Trinajstić information content (AvgIpc) is 3.49. The number of aliphatic hydroxyl groups is 1. The van der Waals surface area contributed by atoms with Crippen LogP contribution in [0.1, 0.15) is 82.7 Å². The van der Waals surface area contributed by atoms with Gasteiger partial charge in [0.2, 0.25) is 5.78 Å². The van der Waals surface area contributed by atoms with Gasteiger partial charge < -0.3 is 54.4 Å². The van der Waals surface area contributed by atoms with E-state index in [4.69, 9.17) is 28.4 Å². The van der Waals surface area contributed by atoms with Gasteiger partial charge in [-0.15, -0.1) is 0 Å². The molecule has 3 aliphatic heterocycles. The van der Waals surface area contributed by atoms with Crippen LogP contribution in [-0.2, 0) is 34.9 Å². The van der Waals surface area contributed by atoms with Gasteiger partial charge in [-0.2, -0.15) is 0 Å². The Labute approximate surface area is 295 Å². The Kier molecular flexibility index (Phi) is 9.60. The maximum atomic E-state index is 14.0. The van der Waals surface area contributed by atoms with E-state index in [0.717, 1.165) is 0 Å². The predicted octanol–water partition coefficient (Wildman–Crippen LogP) is 1.26. The van der Waals surface area contributed by atoms with E-state index in [9.17, 15) is 29.7 Å². The van der Waals surface area contributed by atoms with Crippen molar-refractivity contribution in [1.82, 2.24) is 15.5 Å². The molecule has 2 aromatic carbocycles. The SMILES string of the molecule is COc1cccc2c1C(=O)c1c(O)c3c(c(O)c1C2=O)CC(O)(C(=O)NCCNC(C)C)CC3OC1CC2C(OC3C(OC)OCCN23)C(C)O1. The Hall–Kier alpha value is -3.67. The number of phenols is 2. The number of ketones is 2. The van der Waals surface area contributed by atoms with Crippen molar-refractivity contribution in [2.24, 2.45) is 0 Å². The van der Waals surface area contributed by atoms with E-state index in [0.29, 0.717) is 26.1 Å². The number of hydrogen-bond acceptors (Lipinski definition) is 14. The maximum absolute atomic E-state index is 14.0. The van der Waals surface area contributed by atoms with Crippen LogP contribution >= 0.6 is 0 Å². The summed E-state index contributed by atoms with van der Waals surface area (Å²) >= 11 is 0. The molecule has 3 fully saturated rings. The van der Waals surface area contributed by atoms with Crippen molar-refractivity contribution < 1.29 is 58.1 Å². The minimum Gasteiger partial charge on any atom is -0.507 e. The van der Waals surface area contributed by atoms with Crippen LogP contribution in [0.3, 0.4) is 0 Å². The molecule has 0 spiro atoms. The Morgan fingerprint density at radius 1 is 1.08 bits per heavy atom. The molecule has 276 valence electrons. The summed E-state index contributed by atoms with van der Waals surface area (Å²) in [5.74, 6) is -3.21. The monoisotopic (exact) mass is 711 g/mol. The maximum Gasteiger partial charge on any atom is 0.252 e. The first-order valence-corrected chi connectivity index (χ1v) is 17.4. The molecule has 5 aliphatic rings. The standard InChI is InChI=1S/C36H45N3O12/c1-16(2)37-9-10-38-35(44)36(45)14-19-25(31(43)27-26(29(19)41)28(40)18-7-6-8-21(46-4)24(18)30(27)42)22(15-36)50-23-13-20-32(17(3)49-23)51-33-34(47-5)48-12-11-39(20)33/h6-8,16-17,20,22-23,32-34,37,41,43,45H,9-15H2,1-5H3,(H,38,44). The molecular weight excluding hydrogens is 666 g/mol. The number of benzene rings is 2. The molecule has 2 aromatic rings. The van der Waals surface area contributed by atoms with E-state index in [1.54, 1.807) is 13.2 Å². The number of morpholine rings is 1. The summed E-state index contributed by atoms with van der Waals surface area (Å²) in [4.78, 5) is 43.7. The van der Waals surface area contributed by atoms with Crippen molar-refractivity contribution in [3.63, 3.8) is 0 Å². The quantitative estimate of drug-likeness (QED) is 0.157. The fraction of sp³-hybridized carbons (Fsp3) is 0.583. The van der Waals surface area contributed by atoms with Gasteiger partial charge >= 0.3 is 0 Å². The predicted molar refractivity (Wildman–Crippen MR) is 178 cm³/mol. The number of ether oxygens (including phenoxy) is 6. The molecule has 51 heavy (non-hydrogen) atoms. The second-order valence-electron chi connectivity index (χ2n) is 14.1. The molecule has 8 unspecified atom stereocenters. The number of aromatic hydroxyl groups is 2. The first kappa shape index (κ1) is 35.7. The van der Waals surface area contributed by atoms with E-state index in [2.05, 4.69) is 15.5 Å². The summed E-state index contributed by atoms with van der Waals surface area (Å²) in [6.45, 7) is 7.47. The number of carbonyl (C=O) groups is 3. The lowest BCUT2D eigenvalue weighted by Crippen LogP contribution is -2.55. The summed E-state index contributed by atoms with van der Waals surface area (Å²) in [6.07, 6.45) is -4.46. The molecule has 3 saturated heterocycles. The van der Waals surface area contributed by atoms with Gasteiger partial charge in [0.1, 0.15) is 29.0 Å². The third-order valence-electron chi connectivity index (χ3n) is 10.6. The van der Waals surface area contributed by atoms with Gasteiger partial charge in [-0.3, -0.25) is 19.3 Å². The smallest absolute Gasteiger partial charge is 0.252 e. The number of rotatable bonds is 9. The minimum absolute atomic E-state index is 0.00515. The van der Waals surface area contributed by atoms with Crippen molar-refractivity contribution in [1.29, 1.82) is 0 Å². The van der Waals surface area contributed by atoms with E-state index in [-0.39, 0.29) is 59.2 Å². The zero-order chi connectivity index (χ0) is 36.4. The van der Waals surface area contributed by atoms with Gasteiger partial charge in [-0.1, -0.05) is 26.0 Å². The Bertz CT molecular complexity index is 1730. The third-order valence-corrected chi connectivity index (χ3v) is 10.6. The van der Waals surface area contributed by atoms with Crippen LogP contribution < -0.4 is 15.4 Å². The molecule has 1 amide bonds. The van der Waals surface area contributed by atoms with E-state index in [1.807, 2.05) is 20.8 Å². The zero-order valence-corrected chi connectivity index (χ0v) is 29.3. The van der Waals surface area contributed by atoms with Crippen LogP contribution in [0.4, 0.5) is 0 Å². The molecule has 15 heteroatoms. The van der Waals surface area contributed by atoms with Crippen LogP contribution in [-0.4, -0.2) is 127 Å². The van der Waals surface area contributed by atoms with E-state index < -0.39 is 83.1 Å². The fourth-order valence-corrected chi connectivity index (χ4v) is 8.20. The molecule has 5 N–H and O–H groups in total. The lowest BCUT2D eigenvalue weighted by molar-refractivity contribution is -0.256. The number of amides is 1. The number of phenolic OH excluding ortho intramolecular Hbond substituents is 2. The van der Waals surface area contributed by atoms with Gasteiger partial charge in [-0.25, -0.2) is 0 Å². The molecule has 2 aliphatic carbocycles. The van der Waals surface area contributed by atoms with Crippen molar-refractivity contribution in [2.75, 3.05) is 40.5 Å². The molecular formula is C36H45N3O12. The Morgan fingerprint density at radius 3 is 2.57 bits per heavy atom. The van der Waals surface area contributed by atoms with Crippen molar-refractivity contribution in [3.05, 3.63) is 51.6 Å². The normalized spacial score (nSPS) is 31.4. The molecule has 3 heterocycles. The molecule has 0 saturated carbocycles.